The molecule has 0 fully saturated rings. The highest BCUT2D eigenvalue weighted by molar-refractivity contribution is 9.10. The molecule has 47 heavy (non-hydrogen) atoms. The molecule has 0 saturated carbocycles. The van der Waals surface area contributed by atoms with Gasteiger partial charge in [0, 0.05) is 29.7 Å². The van der Waals surface area contributed by atoms with Crippen LogP contribution in [0.5, 0.6) is 0 Å². The molecule has 0 amide bonds. The van der Waals surface area contributed by atoms with E-state index >= 15 is 0 Å². The lowest BCUT2D eigenvalue weighted by atomic mass is 10.1. The van der Waals surface area contributed by atoms with Gasteiger partial charge in [0.1, 0.15) is 0 Å². The number of fused-ring (bicyclic) bond motifs is 2. The molecular formula is C38H41BrN6O2. The van der Waals surface area contributed by atoms with Gasteiger partial charge in [-0.2, -0.15) is 0 Å². The van der Waals surface area contributed by atoms with E-state index in [-0.39, 0.29) is 24.7 Å². The molecule has 0 radical (unpaired) electrons. The molecule has 0 atom stereocenters. The Labute approximate surface area is 283 Å². The number of ketones is 2. The van der Waals surface area contributed by atoms with Gasteiger partial charge < -0.3 is 18.3 Å². The van der Waals surface area contributed by atoms with Gasteiger partial charge in [-0.3, -0.25) is 20.4 Å². The van der Waals surface area contributed by atoms with E-state index in [1.807, 2.05) is 102 Å². The van der Waals surface area contributed by atoms with Crippen LogP contribution in [-0.2, 0) is 40.0 Å². The minimum atomic E-state index is 0.00870. The van der Waals surface area contributed by atoms with Crippen molar-refractivity contribution in [3.63, 3.8) is 0 Å². The Morgan fingerprint density at radius 2 is 1.02 bits per heavy atom. The Bertz CT molecular complexity index is 2170. The normalized spacial score (nSPS) is 11.1. The van der Waals surface area contributed by atoms with Gasteiger partial charge in [-0.25, -0.2) is 0 Å². The molecule has 0 spiro atoms. The lowest BCUT2D eigenvalue weighted by Gasteiger charge is -2.06. The fraction of sp³-hybridized carbons (Fsp3) is 0.263. The number of Topliss-reactive ketones (excluding diaryl/α,β-unsaturated/α-hetero) is 2. The van der Waals surface area contributed by atoms with Crippen LogP contribution >= 0.6 is 15.9 Å². The van der Waals surface area contributed by atoms with Crippen molar-refractivity contribution >= 4 is 49.6 Å². The summed E-state index contributed by atoms with van der Waals surface area (Å²) in [4.78, 5) is 25.1. The number of hydrogen-bond donors (Lipinski definition) is 2. The summed E-state index contributed by atoms with van der Waals surface area (Å²) < 4.78 is 8.28. The Hall–Kier alpha value is -4.76. The lowest BCUT2D eigenvalue weighted by Crippen LogP contribution is -2.25. The Kier molecular flexibility index (Phi) is 10.6. The van der Waals surface area contributed by atoms with Crippen LogP contribution in [0, 0.1) is 10.8 Å². The molecular weight excluding hydrogens is 652 g/mol. The molecule has 9 heteroatoms. The van der Waals surface area contributed by atoms with E-state index in [4.69, 9.17) is 10.8 Å². The van der Waals surface area contributed by atoms with Gasteiger partial charge in [0.2, 0.25) is 11.2 Å². The largest absolute Gasteiger partial charge is 0.313 e. The van der Waals surface area contributed by atoms with Crippen molar-refractivity contribution < 1.29 is 9.59 Å². The van der Waals surface area contributed by atoms with Crippen LogP contribution in [0.2, 0.25) is 0 Å². The molecule has 0 aliphatic rings. The van der Waals surface area contributed by atoms with E-state index in [0.717, 1.165) is 52.2 Å². The summed E-state index contributed by atoms with van der Waals surface area (Å²) >= 11 is 3.38. The Morgan fingerprint density at radius 3 is 1.45 bits per heavy atom. The predicted octanol–water partition coefficient (Wildman–Crippen LogP) is 7.35. The number of benzene rings is 4. The number of nitrogens with zero attached hydrogens (tertiary/aromatic N) is 4. The third-order valence-corrected chi connectivity index (χ3v) is 9.03. The van der Waals surface area contributed by atoms with Crippen molar-refractivity contribution in [3.8, 4) is 0 Å². The van der Waals surface area contributed by atoms with Gasteiger partial charge in [-0.15, -0.1) is 0 Å². The molecule has 242 valence electrons. The molecule has 2 aromatic heterocycles. The van der Waals surface area contributed by atoms with E-state index in [1.54, 1.807) is 9.13 Å². The second-order valence-electron chi connectivity index (χ2n) is 11.7. The molecule has 0 aliphatic carbocycles. The highest BCUT2D eigenvalue weighted by Gasteiger charge is 2.16. The number of para-hydroxylation sites is 2. The van der Waals surface area contributed by atoms with Crippen LogP contribution in [-0.4, -0.2) is 29.8 Å². The molecule has 2 N–H and O–H groups in total. The van der Waals surface area contributed by atoms with E-state index in [1.165, 1.54) is 11.1 Å². The summed E-state index contributed by atoms with van der Waals surface area (Å²) in [5.74, 6) is 0.0342. The first-order valence-electron chi connectivity index (χ1n) is 16.0. The van der Waals surface area contributed by atoms with Crippen LogP contribution in [0.3, 0.4) is 0 Å². The lowest BCUT2D eigenvalue weighted by molar-refractivity contribution is 0.0963. The minimum Gasteiger partial charge on any atom is -0.313 e. The van der Waals surface area contributed by atoms with Crippen LogP contribution in [0.25, 0.3) is 22.1 Å². The molecule has 6 aromatic rings. The maximum atomic E-state index is 12.6. The quantitative estimate of drug-likeness (QED) is 0.147. The molecule has 0 unspecified atom stereocenters. The summed E-state index contributed by atoms with van der Waals surface area (Å²) in [7, 11) is 3.79. The second kappa shape index (κ2) is 14.8. The average molecular weight is 694 g/mol. The van der Waals surface area contributed by atoms with Gasteiger partial charge in [-0.05, 0) is 48.2 Å². The van der Waals surface area contributed by atoms with Crippen molar-refractivity contribution in [1.29, 1.82) is 10.8 Å². The van der Waals surface area contributed by atoms with E-state index in [2.05, 4.69) is 41.9 Å². The van der Waals surface area contributed by atoms with E-state index < -0.39 is 0 Å². The first kappa shape index (κ1) is 33.6. The zero-order valence-corrected chi connectivity index (χ0v) is 29.0. The standard InChI is InChI=1S/C19H20BrN3O.C19H21N3O/c1-3-5-14-6-4-7-16-18(14)22(2)19(21)23(16)12-17(24)13-8-10-15(20)11-9-13;1-3-8-15-11-7-12-16-18(15)21(2)19(20)22(16)13-17(23)14-9-5-4-6-10-14/h4,6-11,21H,3,5,12H2,1-2H3;4-7,9-12,20H,3,8,13H2,1-2H3. The maximum Gasteiger partial charge on any atom is 0.203 e. The van der Waals surface area contributed by atoms with Crippen LogP contribution < -0.4 is 11.2 Å². The fourth-order valence-corrected chi connectivity index (χ4v) is 6.42. The number of aryl methyl sites for hydroxylation is 4. The zero-order valence-electron chi connectivity index (χ0n) is 27.4. The second-order valence-corrected chi connectivity index (χ2v) is 12.6. The zero-order chi connectivity index (χ0) is 33.7. The summed E-state index contributed by atoms with van der Waals surface area (Å²) in [6, 6.07) is 28.8. The summed E-state index contributed by atoms with van der Waals surface area (Å²) in [5.41, 5.74) is 8.49. The topological polar surface area (TPSA) is 102 Å². The number of nitrogens with one attached hydrogen (secondary N) is 2. The van der Waals surface area contributed by atoms with E-state index in [9.17, 15) is 9.59 Å². The smallest absolute Gasteiger partial charge is 0.203 e. The van der Waals surface area contributed by atoms with Crippen molar-refractivity contribution in [2.45, 2.75) is 52.6 Å². The average Bonchev–Trinajstić information content (AvgIpc) is 3.47. The number of rotatable bonds is 10. The molecule has 4 aromatic carbocycles. The molecule has 8 nitrogen and oxygen atoms in total. The molecule has 2 heterocycles. The Morgan fingerprint density at radius 1 is 0.596 bits per heavy atom. The van der Waals surface area contributed by atoms with Crippen molar-refractivity contribution in [3.05, 3.63) is 129 Å². The first-order valence-corrected chi connectivity index (χ1v) is 16.8. The van der Waals surface area contributed by atoms with Crippen molar-refractivity contribution in [1.82, 2.24) is 18.3 Å². The summed E-state index contributed by atoms with van der Waals surface area (Å²) in [6.45, 7) is 4.66. The molecule has 0 saturated heterocycles. The van der Waals surface area contributed by atoms with Crippen molar-refractivity contribution in [2.75, 3.05) is 0 Å². The van der Waals surface area contributed by atoms with Crippen LogP contribution in [0.1, 0.15) is 58.5 Å². The monoisotopic (exact) mass is 692 g/mol. The number of imidazole rings is 2. The van der Waals surface area contributed by atoms with Gasteiger partial charge in [0.15, 0.2) is 11.6 Å². The van der Waals surface area contributed by atoms with Crippen molar-refractivity contribution in [2.24, 2.45) is 14.1 Å². The maximum absolute atomic E-state index is 12.6. The highest BCUT2D eigenvalue weighted by Crippen LogP contribution is 2.21. The van der Waals surface area contributed by atoms with Crippen LogP contribution in [0.15, 0.2) is 95.5 Å². The molecule has 6 rings (SSSR count). The number of aromatic nitrogens is 4. The third-order valence-electron chi connectivity index (χ3n) is 8.50. The van der Waals surface area contributed by atoms with Gasteiger partial charge in [0.05, 0.1) is 35.2 Å². The predicted molar refractivity (Wildman–Crippen MR) is 191 cm³/mol. The van der Waals surface area contributed by atoms with Gasteiger partial charge >= 0.3 is 0 Å². The SMILES string of the molecule is CCCc1cccc2c1n(C)c(=N)n2CC(=O)c1ccc(Br)cc1.CCCc1cccc2c1n(C)c(=N)n2CC(=O)c1ccccc1. The molecule has 0 aliphatic heterocycles. The fourth-order valence-electron chi connectivity index (χ4n) is 6.16. The van der Waals surface area contributed by atoms with E-state index in [0.29, 0.717) is 22.4 Å². The van der Waals surface area contributed by atoms with Gasteiger partial charge in [-0.1, -0.05) is 109 Å². The highest BCUT2D eigenvalue weighted by atomic mass is 79.9. The number of halogens is 1. The van der Waals surface area contributed by atoms with Crippen LogP contribution in [0.4, 0.5) is 0 Å². The van der Waals surface area contributed by atoms with Gasteiger partial charge in [0.25, 0.3) is 0 Å². The third kappa shape index (κ3) is 7.00. The molecule has 0 bridgehead atoms. The number of carbonyl (C=O) groups excluding carboxylic acids is 2. The number of hydrogen-bond acceptors (Lipinski definition) is 4. The Balaban J connectivity index is 0.000000185. The summed E-state index contributed by atoms with van der Waals surface area (Å²) in [5, 5.41) is 16.8. The summed E-state index contributed by atoms with van der Waals surface area (Å²) in [6.07, 6.45) is 4.05. The number of carbonyl (C=O) groups is 2. The minimum absolute atomic E-state index is 0.00870. The first-order chi connectivity index (χ1) is 22.7.